The molecule has 0 bridgehead atoms. The molecule has 0 N–H and O–H groups in total. The molecule has 0 fully saturated rings. The number of benzene rings is 9. The van der Waals surface area contributed by atoms with E-state index in [1.54, 1.807) is 0 Å². The summed E-state index contributed by atoms with van der Waals surface area (Å²) in [6.45, 7) is 0. The topological polar surface area (TPSA) is 23.8 Å². The van der Waals surface area contributed by atoms with Gasteiger partial charge in [0.25, 0.3) is 0 Å². The van der Waals surface area contributed by atoms with Gasteiger partial charge in [-0.15, -0.1) is 0 Å². The lowest BCUT2D eigenvalue weighted by Crippen LogP contribution is -1.94. The standard InChI is InChI=1S/C51H31N/c52-32-33-20-22-34(23-21-33)40-28-29-43-41(30-40)16-9-17-42(43)36-24-26-37(27-25-36)46-31-47(35-10-3-1-4-11-35)50-44-18-7-14-38-15-8-19-45(48(38)44)51(50)49(46)39-12-5-2-6-13-39/h1-31H. The van der Waals surface area contributed by atoms with Gasteiger partial charge in [-0.05, 0) is 124 Å². The third-order valence-corrected chi connectivity index (χ3v) is 10.7. The van der Waals surface area contributed by atoms with Gasteiger partial charge in [-0.3, -0.25) is 0 Å². The van der Waals surface area contributed by atoms with Crippen molar-refractivity contribution in [2.75, 3.05) is 0 Å². The summed E-state index contributed by atoms with van der Waals surface area (Å²) in [6, 6.07) is 70.0. The Hall–Kier alpha value is -7.01. The van der Waals surface area contributed by atoms with E-state index in [0.29, 0.717) is 5.56 Å². The molecular weight excluding hydrogens is 627 g/mol. The van der Waals surface area contributed by atoms with Gasteiger partial charge in [0.05, 0.1) is 11.6 Å². The van der Waals surface area contributed by atoms with Crippen molar-refractivity contribution in [2.45, 2.75) is 0 Å². The van der Waals surface area contributed by atoms with Gasteiger partial charge in [0.15, 0.2) is 0 Å². The molecule has 0 heterocycles. The van der Waals surface area contributed by atoms with Crippen LogP contribution in [0.1, 0.15) is 5.56 Å². The Morgan fingerprint density at radius 3 is 1.50 bits per heavy atom. The zero-order chi connectivity index (χ0) is 34.6. The molecule has 0 atom stereocenters. The molecule has 0 radical (unpaired) electrons. The highest BCUT2D eigenvalue weighted by Gasteiger charge is 2.30. The highest BCUT2D eigenvalue weighted by molar-refractivity contribution is 6.22. The second kappa shape index (κ2) is 12.1. The van der Waals surface area contributed by atoms with Crippen LogP contribution in [0.3, 0.4) is 0 Å². The first-order valence-corrected chi connectivity index (χ1v) is 17.7. The van der Waals surface area contributed by atoms with Crippen molar-refractivity contribution in [1.82, 2.24) is 0 Å². The highest BCUT2D eigenvalue weighted by atomic mass is 14.3. The molecule has 0 spiro atoms. The molecule has 9 aromatic carbocycles. The monoisotopic (exact) mass is 657 g/mol. The summed E-state index contributed by atoms with van der Waals surface area (Å²) >= 11 is 0. The van der Waals surface area contributed by atoms with Crippen LogP contribution in [0.4, 0.5) is 0 Å². The van der Waals surface area contributed by atoms with E-state index in [-0.39, 0.29) is 0 Å². The van der Waals surface area contributed by atoms with Crippen molar-refractivity contribution in [3.63, 3.8) is 0 Å². The summed E-state index contributed by atoms with van der Waals surface area (Å²) in [4.78, 5) is 0. The van der Waals surface area contributed by atoms with Crippen LogP contribution in [0, 0.1) is 11.3 Å². The number of nitrogens with zero attached hydrogens (tertiary/aromatic N) is 1. The van der Waals surface area contributed by atoms with E-state index in [9.17, 15) is 5.26 Å². The highest BCUT2D eigenvalue weighted by Crippen LogP contribution is 2.57. The quantitative estimate of drug-likeness (QED) is 0.181. The molecule has 9 aromatic rings. The van der Waals surface area contributed by atoms with E-state index in [4.69, 9.17) is 0 Å². The molecule has 0 amide bonds. The van der Waals surface area contributed by atoms with Crippen molar-refractivity contribution in [3.8, 4) is 84.0 Å². The maximum atomic E-state index is 9.23. The number of nitriles is 1. The summed E-state index contributed by atoms with van der Waals surface area (Å²) in [6.07, 6.45) is 0. The van der Waals surface area contributed by atoms with Gasteiger partial charge >= 0.3 is 0 Å². The molecule has 1 heteroatoms. The van der Waals surface area contributed by atoms with Crippen LogP contribution in [-0.2, 0) is 0 Å². The minimum Gasteiger partial charge on any atom is -0.192 e. The molecule has 0 aliphatic heterocycles. The molecule has 240 valence electrons. The Kier molecular flexibility index (Phi) is 6.95. The Balaban J connectivity index is 1.15. The minimum absolute atomic E-state index is 0.671. The van der Waals surface area contributed by atoms with Crippen molar-refractivity contribution >= 4 is 21.5 Å². The summed E-state index contributed by atoms with van der Waals surface area (Å²) < 4.78 is 0. The van der Waals surface area contributed by atoms with E-state index < -0.39 is 0 Å². The van der Waals surface area contributed by atoms with E-state index in [1.165, 1.54) is 88.3 Å². The van der Waals surface area contributed by atoms with E-state index in [1.807, 2.05) is 24.3 Å². The first-order chi connectivity index (χ1) is 25.7. The zero-order valence-electron chi connectivity index (χ0n) is 28.3. The van der Waals surface area contributed by atoms with Gasteiger partial charge in [0, 0.05) is 0 Å². The van der Waals surface area contributed by atoms with Crippen molar-refractivity contribution in [1.29, 1.82) is 5.26 Å². The molecule has 0 aromatic heterocycles. The fourth-order valence-corrected chi connectivity index (χ4v) is 8.25. The van der Waals surface area contributed by atoms with Gasteiger partial charge in [0.2, 0.25) is 0 Å². The maximum absolute atomic E-state index is 9.23. The Bertz CT molecular complexity index is 2850. The van der Waals surface area contributed by atoms with Crippen molar-refractivity contribution in [3.05, 3.63) is 194 Å². The molecule has 0 saturated carbocycles. The number of hydrogen-bond acceptors (Lipinski definition) is 1. The normalized spacial score (nSPS) is 11.4. The Morgan fingerprint density at radius 2 is 0.827 bits per heavy atom. The van der Waals surface area contributed by atoms with Crippen LogP contribution >= 0.6 is 0 Å². The summed E-state index contributed by atoms with van der Waals surface area (Å²) in [5, 5.41) is 14.2. The van der Waals surface area contributed by atoms with E-state index >= 15 is 0 Å². The van der Waals surface area contributed by atoms with E-state index in [2.05, 4.69) is 170 Å². The number of hydrogen-bond donors (Lipinski definition) is 0. The number of rotatable bonds is 5. The van der Waals surface area contributed by atoms with Gasteiger partial charge in [-0.25, -0.2) is 0 Å². The van der Waals surface area contributed by atoms with Crippen LogP contribution in [0.25, 0.3) is 99.4 Å². The number of fused-ring (bicyclic) bond motifs is 4. The fourth-order valence-electron chi connectivity index (χ4n) is 8.25. The van der Waals surface area contributed by atoms with Crippen LogP contribution in [0.15, 0.2) is 188 Å². The Labute approximate surface area is 303 Å². The molecule has 1 aliphatic carbocycles. The van der Waals surface area contributed by atoms with Crippen molar-refractivity contribution in [2.24, 2.45) is 0 Å². The van der Waals surface area contributed by atoms with Crippen LogP contribution < -0.4 is 0 Å². The van der Waals surface area contributed by atoms with Crippen LogP contribution in [-0.4, -0.2) is 0 Å². The van der Waals surface area contributed by atoms with Gasteiger partial charge in [0.1, 0.15) is 0 Å². The molecule has 0 unspecified atom stereocenters. The zero-order valence-corrected chi connectivity index (χ0v) is 28.3. The van der Waals surface area contributed by atoms with Gasteiger partial charge in [-0.2, -0.15) is 5.26 Å². The van der Waals surface area contributed by atoms with Gasteiger partial charge in [-0.1, -0.05) is 164 Å². The minimum atomic E-state index is 0.671. The largest absolute Gasteiger partial charge is 0.192 e. The van der Waals surface area contributed by atoms with Gasteiger partial charge < -0.3 is 0 Å². The molecule has 1 nitrogen and oxygen atoms in total. The fraction of sp³-hybridized carbons (Fsp3) is 0. The average molecular weight is 658 g/mol. The summed E-state index contributed by atoms with van der Waals surface area (Å²) in [5.74, 6) is 0. The average Bonchev–Trinajstić information content (AvgIpc) is 3.56. The third kappa shape index (κ3) is 4.78. The Morgan fingerprint density at radius 1 is 0.308 bits per heavy atom. The SMILES string of the molecule is N#Cc1ccc(-c2ccc3c(-c4ccc(-c5cc(-c6ccccc6)c6c(c5-c5ccccc5)-c5cccc7cccc-6c57)cc4)cccc3c2)cc1. The lowest BCUT2D eigenvalue weighted by Gasteiger charge is -2.21. The lowest BCUT2D eigenvalue weighted by atomic mass is 9.82. The first kappa shape index (κ1) is 29.9. The predicted molar refractivity (Wildman–Crippen MR) is 218 cm³/mol. The molecular formula is C51H31N. The van der Waals surface area contributed by atoms with Crippen LogP contribution in [0.5, 0.6) is 0 Å². The summed E-state index contributed by atoms with van der Waals surface area (Å²) in [7, 11) is 0. The molecule has 1 aliphatic rings. The van der Waals surface area contributed by atoms with E-state index in [0.717, 1.165) is 11.1 Å². The maximum Gasteiger partial charge on any atom is 0.0991 e. The van der Waals surface area contributed by atoms with Crippen molar-refractivity contribution < 1.29 is 0 Å². The first-order valence-electron chi connectivity index (χ1n) is 17.7. The molecule has 52 heavy (non-hydrogen) atoms. The predicted octanol–water partition coefficient (Wildman–Crippen LogP) is 13.8. The molecule has 10 rings (SSSR count). The third-order valence-electron chi connectivity index (χ3n) is 10.7. The smallest absolute Gasteiger partial charge is 0.0991 e. The summed E-state index contributed by atoms with van der Waals surface area (Å²) in [5.41, 5.74) is 17.9. The second-order valence-corrected chi connectivity index (χ2v) is 13.5. The second-order valence-electron chi connectivity index (χ2n) is 13.5. The lowest BCUT2D eigenvalue weighted by molar-refractivity contribution is 1.48. The van der Waals surface area contributed by atoms with Crippen LogP contribution in [0.2, 0.25) is 0 Å². The molecule has 0 saturated heterocycles.